The van der Waals surface area contributed by atoms with Gasteiger partial charge in [0.25, 0.3) is 5.91 Å². The number of pyridine rings is 1. The molecule has 2 aliphatic rings. The third-order valence-electron chi connectivity index (χ3n) is 6.56. The van der Waals surface area contributed by atoms with Gasteiger partial charge in [0.15, 0.2) is 0 Å². The lowest BCUT2D eigenvalue weighted by molar-refractivity contribution is 0.0285. The Bertz CT molecular complexity index is 840. The van der Waals surface area contributed by atoms with E-state index in [2.05, 4.69) is 16.0 Å². The average molecular weight is 414 g/mol. The van der Waals surface area contributed by atoms with Gasteiger partial charge in [-0.2, -0.15) is 0 Å². The molecular formula is C23H28ClN3O2. The number of hydrogen-bond donors (Lipinski definition) is 0. The summed E-state index contributed by atoms with van der Waals surface area (Å²) in [5.41, 5.74) is 2.19. The maximum atomic E-state index is 13.0. The van der Waals surface area contributed by atoms with Crippen LogP contribution in [0.4, 0.5) is 0 Å². The lowest BCUT2D eigenvalue weighted by atomic mass is 9.71. The Morgan fingerprint density at radius 2 is 1.86 bits per heavy atom. The molecule has 2 aliphatic heterocycles. The van der Waals surface area contributed by atoms with Crippen LogP contribution in [0.3, 0.4) is 0 Å². The highest BCUT2D eigenvalue weighted by Gasteiger charge is 2.38. The van der Waals surface area contributed by atoms with Crippen LogP contribution in [-0.2, 0) is 6.54 Å². The lowest BCUT2D eigenvalue weighted by Gasteiger charge is -2.47. The van der Waals surface area contributed by atoms with Crippen LogP contribution >= 0.6 is 11.6 Å². The fraction of sp³-hybridized carbons (Fsp3) is 0.478. The molecule has 3 heterocycles. The van der Waals surface area contributed by atoms with Crippen molar-refractivity contribution >= 4 is 17.5 Å². The number of hydrogen-bond acceptors (Lipinski definition) is 4. The predicted molar refractivity (Wildman–Crippen MR) is 114 cm³/mol. The van der Waals surface area contributed by atoms with Crippen molar-refractivity contribution in [3.05, 3.63) is 58.9 Å². The molecule has 0 bridgehead atoms. The van der Waals surface area contributed by atoms with Crippen LogP contribution in [0.25, 0.3) is 0 Å². The number of ether oxygens (including phenoxy) is 1. The summed E-state index contributed by atoms with van der Waals surface area (Å²) in [5.74, 6) is 0.671. The SMILES string of the molecule is COc1ccc(Cl)c(C(=O)N2CCC3(CCN(Cc4cccnc4)CC3)CC2)c1. The molecule has 2 fully saturated rings. The molecule has 154 valence electrons. The fourth-order valence-corrected chi connectivity index (χ4v) is 4.78. The molecule has 0 atom stereocenters. The summed E-state index contributed by atoms with van der Waals surface area (Å²) in [4.78, 5) is 21.7. The van der Waals surface area contributed by atoms with Gasteiger partial charge in [-0.25, -0.2) is 0 Å². The second kappa shape index (κ2) is 8.72. The zero-order valence-corrected chi connectivity index (χ0v) is 17.7. The lowest BCUT2D eigenvalue weighted by Crippen LogP contribution is -2.48. The molecule has 1 spiro atoms. The smallest absolute Gasteiger partial charge is 0.255 e. The van der Waals surface area contributed by atoms with E-state index in [-0.39, 0.29) is 5.91 Å². The van der Waals surface area contributed by atoms with Crippen molar-refractivity contribution in [1.82, 2.24) is 14.8 Å². The van der Waals surface area contributed by atoms with E-state index in [4.69, 9.17) is 16.3 Å². The minimum absolute atomic E-state index is 0.0118. The van der Waals surface area contributed by atoms with Crippen molar-refractivity contribution < 1.29 is 9.53 Å². The third-order valence-corrected chi connectivity index (χ3v) is 6.89. The Balaban J connectivity index is 1.32. The van der Waals surface area contributed by atoms with Gasteiger partial charge in [0.05, 0.1) is 17.7 Å². The van der Waals surface area contributed by atoms with E-state index in [1.807, 2.05) is 23.4 Å². The van der Waals surface area contributed by atoms with Crippen molar-refractivity contribution in [2.45, 2.75) is 32.2 Å². The van der Waals surface area contributed by atoms with Gasteiger partial charge in [-0.15, -0.1) is 0 Å². The summed E-state index contributed by atoms with van der Waals surface area (Å²) in [7, 11) is 1.60. The van der Waals surface area contributed by atoms with Gasteiger partial charge in [-0.3, -0.25) is 14.7 Å². The molecule has 6 heteroatoms. The summed E-state index contributed by atoms with van der Waals surface area (Å²) < 4.78 is 5.25. The minimum Gasteiger partial charge on any atom is -0.497 e. The zero-order valence-electron chi connectivity index (χ0n) is 16.9. The van der Waals surface area contributed by atoms with Gasteiger partial charge in [-0.05, 0) is 74.0 Å². The number of rotatable bonds is 4. The maximum Gasteiger partial charge on any atom is 0.255 e. The normalized spacial score (nSPS) is 19.3. The number of carbonyl (C=O) groups is 1. The number of benzene rings is 1. The first kappa shape index (κ1) is 20.2. The monoisotopic (exact) mass is 413 g/mol. The Hall–Kier alpha value is -2.11. The molecule has 1 amide bonds. The Morgan fingerprint density at radius 3 is 2.52 bits per heavy atom. The summed E-state index contributed by atoms with van der Waals surface area (Å²) in [6.07, 6.45) is 8.33. The van der Waals surface area contributed by atoms with Crippen LogP contribution in [0.15, 0.2) is 42.7 Å². The maximum absolute atomic E-state index is 13.0. The van der Waals surface area contributed by atoms with Crippen LogP contribution in [0, 0.1) is 5.41 Å². The van der Waals surface area contributed by atoms with Gasteiger partial charge < -0.3 is 9.64 Å². The second-order valence-corrected chi connectivity index (χ2v) is 8.68. The van der Waals surface area contributed by atoms with Crippen molar-refractivity contribution in [3.8, 4) is 5.75 Å². The van der Waals surface area contributed by atoms with E-state index in [9.17, 15) is 4.79 Å². The summed E-state index contributed by atoms with van der Waals surface area (Å²) in [6.45, 7) is 4.81. The first-order valence-corrected chi connectivity index (χ1v) is 10.7. The Morgan fingerprint density at radius 1 is 1.14 bits per heavy atom. The van der Waals surface area contributed by atoms with Gasteiger partial charge in [0.2, 0.25) is 0 Å². The van der Waals surface area contributed by atoms with Crippen LogP contribution in [0.5, 0.6) is 5.75 Å². The van der Waals surface area contributed by atoms with Crippen LogP contribution in [-0.4, -0.2) is 54.0 Å². The standard InChI is InChI=1S/C23H28ClN3O2/c1-29-19-4-5-21(24)20(15-19)22(28)27-13-8-23(9-14-27)6-11-26(12-7-23)17-18-3-2-10-25-16-18/h2-5,10,15-16H,6-9,11-14,17H2,1H3. The molecule has 0 N–H and O–H groups in total. The fourth-order valence-electron chi connectivity index (χ4n) is 4.59. The molecule has 0 aliphatic carbocycles. The van der Waals surface area contributed by atoms with E-state index in [0.717, 1.165) is 45.6 Å². The number of amides is 1. The number of aromatic nitrogens is 1. The minimum atomic E-state index is 0.0118. The molecule has 4 rings (SSSR count). The highest BCUT2D eigenvalue weighted by atomic mass is 35.5. The molecule has 1 aromatic carbocycles. The topological polar surface area (TPSA) is 45.7 Å². The molecule has 0 unspecified atom stereocenters. The van der Waals surface area contributed by atoms with Crippen molar-refractivity contribution in [2.75, 3.05) is 33.3 Å². The number of piperidine rings is 2. The van der Waals surface area contributed by atoms with Crippen molar-refractivity contribution in [1.29, 1.82) is 0 Å². The van der Waals surface area contributed by atoms with Crippen LogP contribution in [0.2, 0.25) is 5.02 Å². The molecular weight excluding hydrogens is 386 g/mol. The molecule has 1 aromatic heterocycles. The van der Waals surface area contributed by atoms with Gasteiger partial charge in [-0.1, -0.05) is 17.7 Å². The third kappa shape index (κ3) is 4.57. The molecule has 2 aromatic rings. The van der Waals surface area contributed by atoms with E-state index in [0.29, 0.717) is 21.8 Å². The quantitative estimate of drug-likeness (QED) is 0.751. The van der Waals surface area contributed by atoms with Gasteiger partial charge in [0, 0.05) is 32.0 Å². The first-order chi connectivity index (χ1) is 14.1. The second-order valence-electron chi connectivity index (χ2n) is 8.28. The van der Waals surface area contributed by atoms with Crippen LogP contribution in [0.1, 0.15) is 41.6 Å². The van der Waals surface area contributed by atoms with E-state index in [1.165, 1.54) is 18.4 Å². The summed E-state index contributed by atoms with van der Waals surface area (Å²) >= 11 is 6.28. The number of carbonyl (C=O) groups excluding carboxylic acids is 1. The predicted octanol–water partition coefficient (Wildman–Crippen LogP) is 4.26. The van der Waals surface area contributed by atoms with Crippen molar-refractivity contribution in [3.63, 3.8) is 0 Å². The molecule has 29 heavy (non-hydrogen) atoms. The summed E-state index contributed by atoms with van der Waals surface area (Å²) in [5, 5.41) is 0.486. The van der Waals surface area contributed by atoms with E-state index in [1.54, 1.807) is 25.3 Å². The molecule has 5 nitrogen and oxygen atoms in total. The number of likely N-dealkylation sites (tertiary alicyclic amines) is 2. The molecule has 0 radical (unpaired) electrons. The summed E-state index contributed by atoms with van der Waals surface area (Å²) in [6, 6.07) is 9.40. The zero-order chi connectivity index (χ0) is 20.3. The van der Waals surface area contributed by atoms with Gasteiger partial charge >= 0.3 is 0 Å². The Labute approximate surface area is 177 Å². The number of nitrogens with zero attached hydrogens (tertiary/aromatic N) is 3. The molecule has 0 saturated carbocycles. The molecule has 2 saturated heterocycles. The highest BCUT2D eigenvalue weighted by molar-refractivity contribution is 6.33. The number of methoxy groups -OCH3 is 1. The first-order valence-electron chi connectivity index (χ1n) is 10.3. The van der Waals surface area contributed by atoms with E-state index < -0.39 is 0 Å². The highest BCUT2D eigenvalue weighted by Crippen LogP contribution is 2.42. The van der Waals surface area contributed by atoms with Crippen LogP contribution < -0.4 is 4.74 Å². The van der Waals surface area contributed by atoms with Gasteiger partial charge in [0.1, 0.15) is 5.75 Å². The number of halogens is 1. The average Bonchev–Trinajstić information content (AvgIpc) is 2.77. The Kier molecular flexibility index (Phi) is 6.07. The van der Waals surface area contributed by atoms with Crippen molar-refractivity contribution in [2.24, 2.45) is 5.41 Å². The largest absolute Gasteiger partial charge is 0.497 e. The van der Waals surface area contributed by atoms with E-state index >= 15 is 0 Å².